The number of hydrogen-bond donors (Lipinski definition) is 1. The van der Waals surface area contributed by atoms with Gasteiger partial charge in [0.2, 0.25) is 11.8 Å². The van der Waals surface area contributed by atoms with Crippen LogP contribution < -0.4 is 10.2 Å². The van der Waals surface area contributed by atoms with E-state index >= 15 is 0 Å². The Balaban J connectivity index is 1.57. The number of anilines is 2. The molecule has 0 aliphatic carbocycles. The summed E-state index contributed by atoms with van der Waals surface area (Å²) in [5.41, 5.74) is 1.79. The third-order valence-corrected chi connectivity index (χ3v) is 4.75. The van der Waals surface area contributed by atoms with Gasteiger partial charge in [0.05, 0.1) is 0 Å². The minimum atomic E-state index is -0.416. The number of hydrogen-bond acceptors (Lipinski definition) is 4. The van der Waals surface area contributed by atoms with E-state index in [0.29, 0.717) is 30.3 Å². The third-order valence-electron chi connectivity index (χ3n) is 4.75. The van der Waals surface area contributed by atoms with E-state index in [0.717, 1.165) is 12.1 Å². The van der Waals surface area contributed by atoms with E-state index in [1.165, 1.54) is 0 Å². The lowest BCUT2D eigenvalue weighted by Gasteiger charge is -2.16. The predicted octanol–water partition coefficient (Wildman–Crippen LogP) is 3.63. The molecule has 0 spiro atoms. The molecule has 0 radical (unpaired) electrons. The Hall–Kier alpha value is -3.79. The number of nitriles is 1. The van der Waals surface area contributed by atoms with E-state index in [4.69, 9.17) is 4.42 Å². The summed E-state index contributed by atoms with van der Waals surface area (Å²) in [6.07, 6.45) is 4.93. The quantitative estimate of drug-likeness (QED) is 0.755. The largest absolute Gasteiger partial charge is 0.443 e. The van der Waals surface area contributed by atoms with Crippen molar-refractivity contribution in [3.63, 3.8) is 0 Å². The fourth-order valence-electron chi connectivity index (χ4n) is 3.40. The minimum Gasteiger partial charge on any atom is -0.443 e. The highest BCUT2D eigenvalue weighted by atomic mass is 16.4. The molecule has 1 aliphatic rings. The number of rotatable bonds is 4. The zero-order valence-electron chi connectivity index (χ0n) is 15.3. The molecule has 140 valence electrons. The molecule has 0 saturated carbocycles. The second-order valence-electron chi connectivity index (χ2n) is 6.57. The summed E-state index contributed by atoms with van der Waals surface area (Å²) in [5, 5.41) is 12.4. The molecule has 1 aromatic carbocycles. The van der Waals surface area contributed by atoms with Gasteiger partial charge in [-0.2, -0.15) is 5.26 Å². The SMILES string of the molecule is Cc1oc(-n2cccc2)c(C#N)c1C(=O)Nc1ccc(N2CCCC2=O)cc1. The fourth-order valence-corrected chi connectivity index (χ4v) is 3.40. The number of amides is 2. The van der Waals surface area contributed by atoms with Crippen molar-refractivity contribution in [2.45, 2.75) is 19.8 Å². The van der Waals surface area contributed by atoms with Crippen LogP contribution in [0.4, 0.5) is 11.4 Å². The molecule has 2 aromatic heterocycles. The Kier molecular flexibility index (Phi) is 4.45. The van der Waals surface area contributed by atoms with Gasteiger partial charge in [0, 0.05) is 36.7 Å². The maximum atomic E-state index is 12.8. The summed E-state index contributed by atoms with van der Waals surface area (Å²) in [7, 11) is 0. The highest BCUT2D eigenvalue weighted by Gasteiger charge is 2.25. The van der Waals surface area contributed by atoms with E-state index in [9.17, 15) is 14.9 Å². The average Bonchev–Trinajstić information content (AvgIpc) is 3.42. The zero-order valence-corrected chi connectivity index (χ0v) is 15.3. The van der Waals surface area contributed by atoms with Crippen molar-refractivity contribution in [1.29, 1.82) is 5.26 Å². The van der Waals surface area contributed by atoms with Crippen molar-refractivity contribution in [3.8, 4) is 12.0 Å². The van der Waals surface area contributed by atoms with Crippen LogP contribution >= 0.6 is 0 Å². The Bertz CT molecular complexity index is 1070. The molecule has 0 unspecified atom stereocenters. The minimum absolute atomic E-state index is 0.113. The van der Waals surface area contributed by atoms with Gasteiger partial charge in [0.25, 0.3) is 5.91 Å². The number of carbonyl (C=O) groups excluding carboxylic acids is 2. The Morgan fingerprint density at radius 1 is 1.21 bits per heavy atom. The molecule has 3 heterocycles. The van der Waals surface area contributed by atoms with Gasteiger partial charge < -0.3 is 14.6 Å². The van der Waals surface area contributed by atoms with Gasteiger partial charge in [-0.25, -0.2) is 0 Å². The van der Waals surface area contributed by atoms with Crippen molar-refractivity contribution < 1.29 is 14.0 Å². The van der Waals surface area contributed by atoms with Crippen LogP contribution in [-0.2, 0) is 4.79 Å². The van der Waals surface area contributed by atoms with Crippen molar-refractivity contribution in [3.05, 3.63) is 65.7 Å². The van der Waals surface area contributed by atoms with Crippen LogP contribution in [0.15, 0.2) is 53.2 Å². The van der Waals surface area contributed by atoms with Gasteiger partial charge in [-0.05, 0) is 49.7 Å². The average molecular weight is 374 g/mol. The zero-order chi connectivity index (χ0) is 19.7. The summed E-state index contributed by atoms with van der Waals surface area (Å²) in [4.78, 5) is 26.4. The van der Waals surface area contributed by atoms with Crippen molar-refractivity contribution >= 4 is 23.2 Å². The van der Waals surface area contributed by atoms with Gasteiger partial charge in [-0.1, -0.05) is 0 Å². The molecule has 7 nitrogen and oxygen atoms in total. The normalized spacial score (nSPS) is 13.6. The first-order valence-electron chi connectivity index (χ1n) is 8.97. The van der Waals surface area contributed by atoms with Crippen molar-refractivity contribution in [2.75, 3.05) is 16.8 Å². The van der Waals surface area contributed by atoms with Crippen LogP contribution in [0.25, 0.3) is 5.88 Å². The maximum Gasteiger partial charge on any atom is 0.260 e. The summed E-state index contributed by atoms with van der Waals surface area (Å²) in [5.74, 6) is 0.387. The first kappa shape index (κ1) is 17.6. The third kappa shape index (κ3) is 3.05. The van der Waals surface area contributed by atoms with E-state index in [-0.39, 0.29) is 17.0 Å². The molecule has 0 bridgehead atoms. The topological polar surface area (TPSA) is 91.3 Å². The lowest BCUT2D eigenvalue weighted by molar-refractivity contribution is -0.117. The monoisotopic (exact) mass is 374 g/mol. The van der Waals surface area contributed by atoms with Gasteiger partial charge in [-0.15, -0.1) is 0 Å². The van der Waals surface area contributed by atoms with E-state index in [2.05, 4.69) is 11.4 Å². The van der Waals surface area contributed by atoms with E-state index in [1.54, 1.807) is 53.0 Å². The molecule has 1 aliphatic heterocycles. The lowest BCUT2D eigenvalue weighted by atomic mass is 10.1. The Morgan fingerprint density at radius 2 is 1.93 bits per heavy atom. The smallest absolute Gasteiger partial charge is 0.260 e. The maximum absolute atomic E-state index is 12.8. The molecule has 3 aromatic rings. The number of benzene rings is 1. The predicted molar refractivity (Wildman–Crippen MR) is 103 cm³/mol. The second kappa shape index (κ2) is 7.08. The van der Waals surface area contributed by atoms with Crippen LogP contribution in [0.5, 0.6) is 0 Å². The van der Waals surface area contributed by atoms with Gasteiger partial charge in [0.15, 0.2) is 0 Å². The Morgan fingerprint density at radius 3 is 2.54 bits per heavy atom. The molecule has 28 heavy (non-hydrogen) atoms. The van der Waals surface area contributed by atoms with E-state index in [1.807, 2.05) is 12.1 Å². The number of nitrogens with zero attached hydrogens (tertiary/aromatic N) is 3. The first-order chi connectivity index (χ1) is 13.6. The summed E-state index contributed by atoms with van der Waals surface area (Å²) in [6.45, 7) is 2.37. The molecule has 1 N–H and O–H groups in total. The summed E-state index contributed by atoms with van der Waals surface area (Å²) >= 11 is 0. The highest BCUT2D eigenvalue weighted by molar-refractivity contribution is 6.07. The molecule has 1 fully saturated rings. The van der Waals surface area contributed by atoms with Crippen molar-refractivity contribution in [1.82, 2.24) is 4.57 Å². The highest BCUT2D eigenvalue weighted by Crippen LogP contribution is 2.27. The standard InChI is InChI=1S/C21H18N4O3/c1-14-19(17(13-22)21(28-14)24-10-2-3-11-24)20(27)23-15-6-8-16(9-7-15)25-12-4-5-18(25)26/h2-3,6-11H,4-5,12H2,1H3,(H,23,27). The molecule has 2 amide bonds. The number of carbonyl (C=O) groups is 2. The molecule has 0 atom stereocenters. The van der Waals surface area contributed by atoms with Gasteiger partial charge >= 0.3 is 0 Å². The molecule has 7 heteroatoms. The van der Waals surface area contributed by atoms with Crippen LogP contribution in [0, 0.1) is 18.3 Å². The van der Waals surface area contributed by atoms with Crippen LogP contribution in [0.1, 0.15) is 34.5 Å². The van der Waals surface area contributed by atoms with Crippen LogP contribution in [0.3, 0.4) is 0 Å². The first-order valence-corrected chi connectivity index (χ1v) is 8.97. The molecular weight excluding hydrogens is 356 g/mol. The van der Waals surface area contributed by atoms with Crippen LogP contribution in [-0.4, -0.2) is 22.9 Å². The van der Waals surface area contributed by atoms with Gasteiger partial charge in [-0.3, -0.25) is 14.2 Å². The van der Waals surface area contributed by atoms with Crippen molar-refractivity contribution in [2.24, 2.45) is 0 Å². The van der Waals surface area contributed by atoms with Gasteiger partial charge in [0.1, 0.15) is 23.0 Å². The number of aromatic nitrogens is 1. The Labute approximate surface area is 161 Å². The fraction of sp³-hybridized carbons (Fsp3) is 0.190. The van der Waals surface area contributed by atoms with Crippen LogP contribution in [0.2, 0.25) is 0 Å². The number of aryl methyl sites for hydroxylation is 1. The molecule has 1 saturated heterocycles. The summed E-state index contributed by atoms with van der Waals surface area (Å²) < 4.78 is 7.33. The summed E-state index contributed by atoms with van der Waals surface area (Å²) in [6, 6.07) is 12.8. The van der Waals surface area contributed by atoms with E-state index < -0.39 is 5.91 Å². The number of furan rings is 1. The second-order valence-corrected chi connectivity index (χ2v) is 6.57. The molecular formula is C21H18N4O3. The molecule has 4 rings (SSSR count). The lowest BCUT2D eigenvalue weighted by Crippen LogP contribution is -2.23. The number of nitrogens with one attached hydrogen (secondary N) is 1.